The van der Waals surface area contributed by atoms with E-state index in [0.29, 0.717) is 38.8 Å². The number of hydrogen-bond donors (Lipinski definition) is 4. The first-order chi connectivity index (χ1) is 33.4. The van der Waals surface area contributed by atoms with E-state index in [1.54, 1.807) is 18.4 Å². The number of rotatable bonds is 30. The molecular weight excluding hydrogens is 934 g/mol. The van der Waals surface area contributed by atoms with Crippen molar-refractivity contribution < 1.29 is 61.4 Å². The van der Waals surface area contributed by atoms with Crippen LogP contribution in [0, 0.1) is 23.2 Å². The van der Waals surface area contributed by atoms with Gasteiger partial charge in [0.1, 0.15) is 25.1 Å². The second-order valence-electron chi connectivity index (χ2n) is 18.0. The van der Waals surface area contributed by atoms with Crippen LogP contribution < -0.4 is 21.5 Å². The number of esters is 1. The van der Waals surface area contributed by atoms with Gasteiger partial charge in [-0.05, 0) is 53.4 Å². The van der Waals surface area contributed by atoms with Crippen LogP contribution in [-0.4, -0.2) is 149 Å². The molecule has 2 aliphatic heterocycles. The molecule has 0 aromatic carbocycles. The zero-order valence-electron chi connectivity index (χ0n) is 42.6. The molecule has 2 aliphatic rings. The Balaban J connectivity index is 1.30. The lowest BCUT2D eigenvalue weighted by molar-refractivity contribution is -0.256. The number of aromatic nitrogens is 4. The van der Waals surface area contributed by atoms with Gasteiger partial charge in [0.15, 0.2) is 23.7 Å². The molecule has 24 heteroatoms. The maximum atomic E-state index is 13.1. The molecule has 0 saturated carbocycles. The molecule has 0 bridgehead atoms. The molecule has 70 heavy (non-hydrogen) atoms. The molecule has 0 spiro atoms. The lowest BCUT2D eigenvalue weighted by Gasteiger charge is -2.44. The van der Waals surface area contributed by atoms with Crippen LogP contribution in [0.4, 0.5) is 5.95 Å². The summed E-state index contributed by atoms with van der Waals surface area (Å²) in [6.45, 7) is 21.3. The van der Waals surface area contributed by atoms with E-state index in [4.69, 9.17) is 42.2 Å². The molecule has 7 unspecified atom stereocenters. The summed E-state index contributed by atoms with van der Waals surface area (Å²) in [4.78, 5) is 73.5. The van der Waals surface area contributed by atoms with E-state index in [1.165, 1.54) is 20.2 Å². The number of hydrogen-bond acceptors (Lipinski definition) is 18. The Labute approximate surface area is 412 Å². The SMILES string of the molecule is CCC1OC(OCCCCC(=O)NCCOCCOCOC2[C@@H](OP(OCCC#N)N(C(C)C)C(C)C)[C@@H](CC)O[C@H]2n2cnc3c(=O)[nH]c(NC(=O)C(C)C)nc32)C(NC(C)=O)C(C)C1OC(C)=O. The summed E-state index contributed by atoms with van der Waals surface area (Å²) in [5.41, 5.74) is -0.358. The van der Waals surface area contributed by atoms with Crippen molar-refractivity contribution in [1.82, 2.24) is 34.8 Å². The van der Waals surface area contributed by atoms with E-state index in [1.807, 2.05) is 48.5 Å². The highest BCUT2D eigenvalue weighted by Gasteiger charge is 2.50. The van der Waals surface area contributed by atoms with Crippen LogP contribution in [-0.2, 0) is 61.4 Å². The van der Waals surface area contributed by atoms with Crippen LogP contribution >= 0.6 is 8.53 Å². The predicted octanol–water partition coefficient (Wildman–Crippen LogP) is 4.57. The minimum absolute atomic E-state index is 0.0281. The summed E-state index contributed by atoms with van der Waals surface area (Å²) in [6, 6.07) is 1.66. The Morgan fingerprint density at radius 2 is 1.63 bits per heavy atom. The van der Waals surface area contributed by atoms with Crippen molar-refractivity contribution in [2.75, 3.05) is 51.7 Å². The molecule has 10 atom stereocenters. The first kappa shape index (κ1) is 58.4. The number of amides is 3. The van der Waals surface area contributed by atoms with Crippen LogP contribution in [0.25, 0.3) is 11.2 Å². The van der Waals surface area contributed by atoms with Gasteiger partial charge in [-0.2, -0.15) is 10.2 Å². The summed E-state index contributed by atoms with van der Waals surface area (Å²) in [7, 11) is -1.72. The van der Waals surface area contributed by atoms with Crippen molar-refractivity contribution in [3.8, 4) is 6.07 Å². The fraction of sp³-hybridized carbons (Fsp3) is 0.783. The number of carbonyl (C=O) groups excluding carboxylic acids is 4. The van der Waals surface area contributed by atoms with Gasteiger partial charge in [0.05, 0.1) is 63.5 Å². The minimum atomic E-state index is -1.72. The first-order valence-electron chi connectivity index (χ1n) is 24.3. The molecule has 2 fully saturated rings. The first-order valence-corrected chi connectivity index (χ1v) is 25.5. The number of ether oxygens (including phenoxy) is 7. The summed E-state index contributed by atoms with van der Waals surface area (Å²) < 4.78 is 59.1. The van der Waals surface area contributed by atoms with Crippen LogP contribution in [0.2, 0.25) is 0 Å². The second kappa shape index (κ2) is 29.3. The molecule has 4 N–H and O–H groups in total. The summed E-state index contributed by atoms with van der Waals surface area (Å²) in [5, 5.41) is 17.7. The number of unbranched alkanes of at least 4 members (excludes halogenated alkanes) is 1. The smallest absolute Gasteiger partial charge is 0.303 e. The number of nitrogens with zero attached hydrogens (tertiary/aromatic N) is 5. The molecule has 4 heterocycles. The molecule has 2 aromatic rings. The Morgan fingerprint density at radius 1 is 0.929 bits per heavy atom. The van der Waals surface area contributed by atoms with Crippen LogP contribution in [0.1, 0.15) is 121 Å². The summed E-state index contributed by atoms with van der Waals surface area (Å²) >= 11 is 0. The van der Waals surface area contributed by atoms with E-state index < -0.39 is 63.0 Å². The number of nitrogens with one attached hydrogen (secondary N) is 4. The van der Waals surface area contributed by atoms with Gasteiger partial charge in [-0.15, -0.1) is 0 Å². The number of nitriles is 1. The Kier molecular flexibility index (Phi) is 24.5. The normalized spacial score (nSPS) is 24.1. The summed E-state index contributed by atoms with van der Waals surface area (Å²) in [5.74, 6) is -1.79. The topological polar surface area (TPSA) is 278 Å². The van der Waals surface area contributed by atoms with Crippen molar-refractivity contribution in [3.05, 3.63) is 16.7 Å². The third-order valence-electron chi connectivity index (χ3n) is 11.5. The molecule has 23 nitrogen and oxygen atoms in total. The van der Waals surface area contributed by atoms with Crippen molar-refractivity contribution in [1.29, 1.82) is 5.26 Å². The lowest BCUT2D eigenvalue weighted by atomic mass is 9.87. The van der Waals surface area contributed by atoms with E-state index in [-0.39, 0.29) is 111 Å². The van der Waals surface area contributed by atoms with E-state index in [0.717, 1.165) is 0 Å². The second-order valence-corrected chi connectivity index (χ2v) is 19.4. The highest BCUT2D eigenvalue weighted by molar-refractivity contribution is 7.44. The van der Waals surface area contributed by atoms with Gasteiger partial charge in [0, 0.05) is 57.3 Å². The summed E-state index contributed by atoms with van der Waals surface area (Å²) in [6.07, 6.45) is -0.497. The number of anilines is 1. The maximum Gasteiger partial charge on any atom is 0.303 e. The average Bonchev–Trinajstić information content (AvgIpc) is 3.87. The van der Waals surface area contributed by atoms with Crippen molar-refractivity contribution in [3.63, 3.8) is 0 Å². The third kappa shape index (κ3) is 17.0. The van der Waals surface area contributed by atoms with Crippen molar-refractivity contribution >= 4 is 49.3 Å². The zero-order chi connectivity index (χ0) is 51.5. The fourth-order valence-electron chi connectivity index (χ4n) is 8.15. The van der Waals surface area contributed by atoms with E-state index in [9.17, 15) is 29.2 Å². The number of fused-ring (bicyclic) bond motifs is 1. The number of aromatic amines is 1. The predicted molar refractivity (Wildman–Crippen MR) is 257 cm³/mol. The fourth-order valence-corrected chi connectivity index (χ4v) is 9.91. The van der Waals surface area contributed by atoms with Crippen LogP contribution in [0.15, 0.2) is 11.1 Å². The Bertz CT molecular complexity index is 2060. The van der Waals surface area contributed by atoms with Crippen molar-refractivity contribution in [2.24, 2.45) is 11.8 Å². The highest BCUT2D eigenvalue weighted by atomic mass is 31.2. The largest absolute Gasteiger partial charge is 0.459 e. The number of H-pyrrole nitrogens is 1. The van der Waals surface area contributed by atoms with Gasteiger partial charge in [-0.1, -0.05) is 34.6 Å². The number of imidazole rings is 1. The lowest BCUT2D eigenvalue weighted by Crippen LogP contribution is -2.61. The molecular formula is C46H76N9O14P. The zero-order valence-corrected chi connectivity index (χ0v) is 43.5. The van der Waals surface area contributed by atoms with Gasteiger partial charge in [0.2, 0.25) is 23.7 Å². The number of carbonyl (C=O) groups is 4. The van der Waals surface area contributed by atoms with Gasteiger partial charge in [-0.3, -0.25) is 38.8 Å². The van der Waals surface area contributed by atoms with Gasteiger partial charge < -0.3 is 52.8 Å². The van der Waals surface area contributed by atoms with E-state index >= 15 is 0 Å². The van der Waals surface area contributed by atoms with Gasteiger partial charge >= 0.3 is 5.97 Å². The van der Waals surface area contributed by atoms with Crippen LogP contribution in [0.3, 0.4) is 0 Å². The molecule has 2 aromatic heterocycles. The molecule has 0 radical (unpaired) electrons. The minimum Gasteiger partial charge on any atom is -0.459 e. The molecule has 2 saturated heterocycles. The van der Waals surface area contributed by atoms with E-state index in [2.05, 4.69) is 41.6 Å². The van der Waals surface area contributed by atoms with Gasteiger partial charge in [-0.25, -0.2) is 9.65 Å². The van der Waals surface area contributed by atoms with Crippen molar-refractivity contribution in [2.45, 2.75) is 176 Å². The molecule has 0 aliphatic carbocycles. The van der Waals surface area contributed by atoms with Gasteiger partial charge in [0.25, 0.3) is 14.1 Å². The molecule has 4 rings (SSSR count). The maximum absolute atomic E-state index is 13.1. The molecule has 394 valence electrons. The molecule has 3 amide bonds. The Hall–Kier alpha value is -4.21. The quantitative estimate of drug-likeness (QED) is 0.0361. The standard InChI is InChI=1S/C46H76N9O14P/c1-12-33-38(66-32(11)57)30(9)36(50-31(10)56)45(68-33)63-20-15-14-17-35(58)48-19-22-61-23-24-62-26-64-40-39(69-70(65-21-16-18-47)55(28(5)6)29(7)8)34(13-2)67-44(40)54-25-49-37-41(54)51-46(53-43(37)60)52-42(59)27(3)4/h25,27-30,33-34,36,38-40,44-45H,12-17,19-24,26H2,1-11H3,(H,48,58)(H,50,56)(H2,51,52,53,59,60)/t30?,33?,34-,36?,38?,39+,40?,44-,45?,70?/m1/s1. The monoisotopic (exact) mass is 1010 g/mol. The highest BCUT2D eigenvalue weighted by Crippen LogP contribution is 2.51. The average molecular weight is 1010 g/mol. The van der Waals surface area contributed by atoms with Crippen LogP contribution in [0.5, 0.6) is 0 Å². The Morgan fingerprint density at radius 3 is 2.27 bits per heavy atom. The third-order valence-corrected chi connectivity index (χ3v) is 13.7.